The highest BCUT2D eigenvalue weighted by Crippen LogP contribution is 2.11. The molecule has 0 aliphatic carbocycles. The van der Waals surface area contributed by atoms with Gasteiger partial charge in [0.25, 0.3) is 0 Å². The van der Waals surface area contributed by atoms with Gasteiger partial charge in [0.15, 0.2) is 0 Å². The Morgan fingerprint density at radius 3 is 1.95 bits per heavy atom. The van der Waals surface area contributed by atoms with Crippen molar-refractivity contribution in [2.24, 2.45) is 5.16 Å². The molecule has 4 heteroatoms. The van der Waals surface area contributed by atoms with Gasteiger partial charge in [0, 0.05) is 11.1 Å². The summed E-state index contributed by atoms with van der Waals surface area (Å²) in [4.78, 5) is 16.3. The van der Waals surface area contributed by atoms with Crippen LogP contribution in [0.3, 0.4) is 0 Å². The molecule has 2 aromatic rings. The predicted octanol–water partition coefficient (Wildman–Crippen LogP) is 3.02. The zero-order valence-corrected chi connectivity index (χ0v) is 11.9. The summed E-state index contributed by atoms with van der Waals surface area (Å²) in [6.07, 6.45) is 0.177. The van der Waals surface area contributed by atoms with Crippen molar-refractivity contribution in [2.45, 2.75) is 6.42 Å². The summed E-state index contributed by atoms with van der Waals surface area (Å²) in [6.45, 7) is 0.190. The second-order valence-corrected chi connectivity index (χ2v) is 4.33. The van der Waals surface area contributed by atoms with E-state index in [0.29, 0.717) is 0 Å². The average Bonchev–Trinajstić information content (AvgIpc) is 2.56. The van der Waals surface area contributed by atoms with E-state index in [2.05, 4.69) is 9.89 Å². The molecule has 0 heterocycles. The standard InChI is InChI=1S/C17H17NO3/c1-20-16(19)12-13-21-18-17(14-8-4-2-5-9-14)15-10-6-3-7-11-15/h2-11H,12-13H2,1H3. The Balaban J connectivity index is 2.15. The van der Waals surface area contributed by atoms with Gasteiger partial charge in [-0.2, -0.15) is 0 Å². The summed E-state index contributed by atoms with van der Waals surface area (Å²) in [5, 5.41) is 4.18. The first-order valence-corrected chi connectivity index (χ1v) is 6.69. The van der Waals surface area contributed by atoms with Crippen LogP contribution in [0.25, 0.3) is 0 Å². The number of rotatable bonds is 6. The number of carbonyl (C=O) groups is 1. The van der Waals surface area contributed by atoms with Crippen molar-refractivity contribution in [1.82, 2.24) is 0 Å². The van der Waals surface area contributed by atoms with Crippen molar-refractivity contribution in [3.63, 3.8) is 0 Å². The molecule has 0 aromatic heterocycles. The third kappa shape index (κ3) is 4.45. The van der Waals surface area contributed by atoms with Crippen LogP contribution < -0.4 is 0 Å². The van der Waals surface area contributed by atoms with Crippen molar-refractivity contribution in [3.8, 4) is 0 Å². The predicted molar refractivity (Wildman–Crippen MR) is 81.1 cm³/mol. The Labute approximate surface area is 124 Å². The van der Waals surface area contributed by atoms with Crippen LogP contribution in [0.2, 0.25) is 0 Å². The molecule has 0 aliphatic rings. The van der Waals surface area contributed by atoms with Crippen molar-refractivity contribution in [2.75, 3.05) is 13.7 Å². The van der Waals surface area contributed by atoms with Crippen LogP contribution in [0.1, 0.15) is 17.5 Å². The van der Waals surface area contributed by atoms with Gasteiger partial charge in [-0.15, -0.1) is 0 Å². The molecule has 0 spiro atoms. The zero-order chi connectivity index (χ0) is 14.9. The lowest BCUT2D eigenvalue weighted by molar-refractivity contribution is -0.141. The van der Waals surface area contributed by atoms with Gasteiger partial charge >= 0.3 is 5.97 Å². The van der Waals surface area contributed by atoms with E-state index in [1.807, 2.05) is 60.7 Å². The number of hydrogen-bond acceptors (Lipinski definition) is 4. The number of hydrogen-bond donors (Lipinski definition) is 0. The van der Waals surface area contributed by atoms with Gasteiger partial charge in [-0.25, -0.2) is 0 Å². The number of ether oxygens (including phenoxy) is 1. The Morgan fingerprint density at radius 2 is 1.48 bits per heavy atom. The summed E-state index contributed by atoms with van der Waals surface area (Å²) in [5.74, 6) is -0.314. The molecule has 0 fully saturated rings. The highest BCUT2D eigenvalue weighted by Gasteiger charge is 2.07. The van der Waals surface area contributed by atoms with Crippen LogP contribution in [-0.2, 0) is 14.4 Å². The van der Waals surface area contributed by atoms with Crippen LogP contribution in [0.5, 0.6) is 0 Å². The van der Waals surface area contributed by atoms with Crippen LogP contribution in [0.15, 0.2) is 65.8 Å². The molecular formula is C17H17NO3. The van der Waals surface area contributed by atoms with Crippen molar-refractivity contribution >= 4 is 11.7 Å². The summed E-state index contributed by atoms with van der Waals surface area (Å²) in [6, 6.07) is 19.6. The van der Waals surface area contributed by atoms with Crippen LogP contribution in [0, 0.1) is 0 Å². The fourth-order valence-corrected chi connectivity index (χ4v) is 1.81. The molecular weight excluding hydrogens is 266 g/mol. The van der Waals surface area contributed by atoms with Crippen LogP contribution in [-0.4, -0.2) is 25.4 Å². The molecule has 108 valence electrons. The number of nitrogens with zero attached hydrogens (tertiary/aromatic N) is 1. The van der Waals surface area contributed by atoms with Crippen molar-refractivity contribution < 1.29 is 14.4 Å². The molecule has 2 rings (SSSR count). The van der Waals surface area contributed by atoms with Crippen LogP contribution >= 0.6 is 0 Å². The Bertz CT molecular complexity index is 552. The summed E-state index contributed by atoms with van der Waals surface area (Å²) >= 11 is 0. The molecule has 21 heavy (non-hydrogen) atoms. The topological polar surface area (TPSA) is 47.9 Å². The SMILES string of the molecule is COC(=O)CCON=C(c1ccccc1)c1ccccc1. The van der Waals surface area contributed by atoms with Gasteiger partial charge in [0.2, 0.25) is 0 Å². The van der Waals surface area contributed by atoms with E-state index >= 15 is 0 Å². The molecule has 0 atom stereocenters. The fraction of sp³-hybridized carbons (Fsp3) is 0.176. The summed E-state index contributed by atoms with van der Waals surface area (Å²) < 4.78 is 4.56. The van der Waals surface area contributed by atoms with Gasteiger partial charge in [-0.05, 0) is 0 Å². The molecule has 4 nitrogen and oxygen atoms in total. The Hall–Kier alpha value is -2.62. The highest BCUT2D eigenvalue weighted by atomic mass is 16.6. The number of oxime groups is 1. The highest BCUT2D eigenvalue weighted by molar-refractivity contribution is 6.12. The second kappa shape index (κ2) is 7.85. The fourth-order valence-electron chi connectivity index (χ4n) is 1.81. The number of esters is 1. The Kier molecular flexibility index (Phi) is 5.52. The van der Waals surface area contributed by atoms with Gasteiger partial charge in [-0.1, -0.05) is 65.8 Å². The molecule has 0 bridgehead atoms. The lowest BCUT2D eigenvalue weighted by Gasteiger charge is -2.07. The van der Waals surface area contributed by atoms with Crippen molar-refractivity contribution in [3.05, 3.63) is 71.8 Å². The Morgan fingerprint density at radius 1 is 0.952 bits per heavy atom. The zero-order valence-electron chi connectivity index (χ0n) is 11.9. The molecule has 2 aromatic carbocycles. The first-order chi connectivity index (χ1) is 10.3. The summed E-state index contributed by atoms with van der Waals surface area (Å²) in [7, 11) is 1.35. The van der Waals surface area contributed by atoms with E-state index in [9.17, 15) is 4.79 Å². The number of benzene rings is 2. The quantitative estimate of drug-likeness (QED) is 0.354. The molecule has 0 aliphatic heterocycles. The maximum atomic E-state index is 11.0. The van der Waals surface area contributed by atoms with Crippen LogP contribution in [0.4, 0.5) is 0 Å². The van der Waals surface area contributed by atoms with Gasteiger partial charge in [-0.3, -0.25) is 4.79 Å². The first-order valence-electron chi connectivity index (χ1n) is 6.69. The van der Waals surface area contributed by atoms with Gasteiger partial charge in [0.05, 0.1) is 13.5 Å². The van der Waals surface area contributed by atoms with Gasteiger partial charge < -0.3 is 9.57 Å². The maximum absolute atomic E-state index is 11.0. The smallest absolute Gasteiger partial charge is 0.309 e. The largest absolute Gasteiger partial charge is 0.469 e. The third-order valence-electron chi connectivity index (χ3n) is 2.88. The van der Waals surface area contributed by atoms with E-state index < -0.39 is 0 Å². The molecule has 0 amide bonds. The van der Waals surface area contributed by atoms with E-state index in [1.54, 1.807) is 0 Å². The lowest BCUT2D eigenvalue weighted by Crippen LogP contribution is -2.07. The van der Waals surface area contributed by atoms with E-state index in [0.717, 1.165) is 16.8 Å². The van der Waals surface area contributed by atoms with E-state index in [4.69, 9.17) is 4.84 Å². The molecule has 0 N–H and O–H groups in total. The number of carbonyl (C=O) groups excluding carboxylic acids is 1. The van der Waals surface area contributed by atoms with Crippen molar-refractivity contribution in [1.29, 1.82) is 0 Å². The molecule has 0 saturated carbocycles. The van der Waals surface area contributed by atoms with E-state index in [-0.39, 0.29) is 19.0 Å². The van der Waals surface area contributed by atoms with E-state index in [1.165, 1.54) is 7.11 Å². The monoisotopic (exact) mass is 283 g/mol. The molecule has 0 unspecified atom stereocenters. The molecule has 0 saturated heterocycles. The minimum atomic E-state index is -0.314. The first kappa shape index (κ1) is 14.8. The second-order valence-electron chi connectivity index (χ2n) is 4.33. The lowest BCUT2D eigenvalue weighted by atomic mass is 10.0. The summed E-state index contributed by atoms with van der Waals surface area (Å²) in [5.41, 5.74) is 2.66. The number of methoxy groups -OCH3 is 1. The minimum Gasteiger partial charge on any atom is -0.469 e. The average molecular weight is 283 g/mol. The van der Waals surface area contributed by atoms with Gasteiger partial charge in [0.1, 0.15) is 12.3 Å². The minimum absolute atomic E-state index is 0.177. The molecule has 0 radical (unpaired) electrons. The third-order valence-corrected chi connectivity index (χ3v) is 2.88. The normalized spacial score (nSPS) is 9.76. The maximum Gasteiger partial charge on any atom is 0.309 e.